The first-order valence-corrected chi connectivity index (χ1v) is 9.57. The molecule has 1 aromatic heterocycles. The molecule has 142 valence electrons. The number of hydrogen-bond acceptors (Lipinski definition) is 4. The largest absolute Gasteiger partial charge is 0.444 e. The van der Waals surface area contributed by atoms with Crippen molar-refractivity contribution in [3.63, 3.8) is 0 Å². The van der Waals surface area contributed by atoms with Crippen molar-refractivity contribution in [1.29, 1.82) is 0 Å². The molecule has 0 aliphatic heterocycles. The molecule has 0 unspecified atom stereocenters. The van der Waals surface area contributed by atoms with Crippen molar-refractivity contribution in [3.8, 4) is 0 Å². The second-order valence-corrected chi connectivity index (χ2v) is 7.82. The predicted molar refractivity (Wildman–Crippen MR) is 105 cm³/mol. The lowest BCUT2D eigenvalue weighted by Crippen LogP contribution is -2.45. The standard InChI is InChI=1S/C18H32N4O2S/c1-7-22(17(23)24-18(2,3)4)13-11-20-16(19-5)21(6)12-10-15-9-8-14-25-15/h8-9,14H,7,10-13H2,1-6H3,(H,19,20). The zero-order valence-corrected chi connectivity index (χ0v) is 17.2. The maximum atomic E-state index is 12.1. The molecular weight excluding hydrogens is 336 g/mol. The third-order valence-electron chi connectivity index (χ3n) is 3.55. The minimum Gasteiger partial charge on any atom is -0.444 e. The second kappa shape index (κ2) is 10.3. The van der Waals surface area contributed by atoms with Gasteiger partial charge < -0.3 is 19.9 Å². The molecule has 0 bridgehead atoms. The van der Waals surface area contributed by atoms with E-state index in [0.29, 0.717) is 19.6 Å². The SMILES string of the molecule is CCN(CCNC(=NC)N(C)CCc1cccs1)C(=O)OC(C)(C)C. The summed E-state index contributed by atoms with van der Waals surface area (Å²) in [5.74, 6) is 0.830. The van der Waals surface area contributed by atoms with Crippen molar-refractivity contribution in [2.75, 3.05) is 40.3 Å². The van der Waals surface area contributed by atoms with Crippen molar-refractivity contribution < 1.29 is 9.53 Å². The summed E-state index contributed by atoms with van der Waals surface area (Å²) >= 11 is 1.77. The van der Waals surface area contributed by atoms with E-state index in [2.05, 4.69) is 32.7 Å². The van der Waals surface area contributed by atoms with Gasteiger partial charge in [-0.2, -0.15) is 0 Å². The van der Waals surface area contributed by atoms with Crippen LogP contribution >= 0.6 is 11.3 Å². The lowest BCUT2D eigenvalue weighted by atomic mass is 10.2. The number of carbonyl (C=O) groups excluding carboxylic acids is 1. The van der Waals surface area contributed by atoms with Crippen LogP contribution in [0.1, 0.15) is 32.6 Å². The normalized spacial score (nSPS) is 12.0. The molecule has 0 aliphatic rings. The van der Waals surface area contributed by atoms with Gasteiger partial charge in [-0.3, -0.25) is 4.99 Å². The van der Waals surface area contributed by atoms with Crippen LogP contribution in [0.25, 0.3) is 0 Å². The van der Waals surface area contributed by atoms with E-state index in [1.54, 1.807) is 23.3 Å². The Kier molecular flexibility index (Phi) is 8.75. The predicted octanol–water partition coefficient (Wildman–Crippen LogP) is 3.05. The van der Waals surface area contributed by atoms with E-state index in [1.807, 2.05) is 34.7 Å². The first-order chi connectivity index (χ1) is 11.8. The average Bonchev–Trinajstić information content (AvgIpc) is 3.04. The van der Waals surface area contributed by atoms with Gasteiger partial charge in [-0.15, -0.1) is 11.3 Å². The van der Waals surface area contributed by atoms with Gasteiger partial charge in [0, 0.05) is 45.2 Å². The van der Waals surface area contributed by atoms with Gasteiger partial charge in [0.25, 0.3) is 0 Å². The highest BCUT2D eigenvalue weighted by Crippen LogP contribution is 2.10. The highest BCUT2D eigenvalue weighted by molar-refractivity contribution is 7.09. The molecule has 1 amide bonds. The maximum absolute atomic E-state index is 12.1. The number of carbonyl (C=O) groups is 1. The molecule has 0 fully saturated rings. The van der Waals surface area contributed by atoms with Crippen LogP contribution in [0.15, 0.2) is 22.5 Å². The van der Waals surface area contributed by atoms with E-state index in [9.17, 15) is 4.79 Å². The van der Waals surface area contributed by atoms with Gasteiger partial charge in [-0.05, 0) is 45.6 Å². The van der Waals surface area contributed by atoms with E-state index < -0.39 is 5.60 Å². The van der Waals surface area contributed by atoms with Crippen molar-refractivity contribution in [2.45, 2.75) is 39.7 Å². The number of aliphatic imine (C=N–C) groups is 1. The Labute approximate surface area is 155 Å². The van der Waals surface area contributed by atoms with Gasteiger partial charge in [-0.1, -0.05) is 6.07 Å². The number of thiophene rings is 1. The number of hydrogen-bond donors (Lipinski definition) is 1. The number of ether oxygens (including phenoxy) is 1. The van der Waals surface area contributed by atoms with Crippen LogP contribution in [-0.4, -0.2) is 67.7 Å². The van der Waals surface area contributed by atoms with Gasteiger partial charge in [0.05, 0.1) is 0 Å². The number of likely N-dealkylation sites (N-methyl/N-ethyl adjacent to an activating group) is 2. The van der Waals surface area contributed by atoms with Crippen molar-refractivity contribution in [3.05, 3.63) is 22.4 Å². The van der Waals surface area contributed by atoms with E-state index in [4.69, 9.17) is 4.74 Å². The van der Waals surface area contributed by atoms with Crippen LogP contribution in [0.4, 0.5) is 4.79 Å². The third kappa shape index (κ3) is 8.25. The van der Waals surface area contributed by atoms with Gasteiger partial charge in [0.2, 0.25) is 0 Å². The number of rotatable bonds is 7. The molecule has 0 aliphatic carbocycles. The summed E-state index contributed by atoms with van der Waals surface area (Å²) in [6.45, 7) is 10.3. The summed E-state index contributed by atoms with van der Waals surface area (Å²) in [4.78, 5) is 21.6. The Morgan fingerprint density at radius 1 is 1.36 bits per heavy atom. The zero-order chi connectivity index (χ0) is 18.9. The molecule has 1 aromatic rings. The van der Waals surface area contributed by atoms with E-state index in [1.165, 1.54) is 4.88 Å². The molecule has 0 saturated heterocycles. The lowest BCUT2D eigenvalue weighted by Gasteiger charge is -2.27. The maximum Gasteiger partial charge on any atom is 0.410 e. The molecule has 0 spiro atoms. The number of nitrogens with one attached hydrogen (secondary N) is 1. The fourth-order valence-corrected chi connectivity index (χ4v) is 2.93. The number of amides is 1. The summed E-state index contributed by atoms with van der Waals surface area (Å²) in [5, 5.41) is 5.41. The highest BCUT2D eigenvalue weighted by atomic mass is 32.1. The Hall–Kier alpha value is -1.76. The first-order valence-electron chi connectivity index (χ1n) is 8.69. The Morgan fingerprint density at radius 2 is 2.08 bits per heavy atom. The Bertz CT molecular complexity index is 538. The van der Waals surface area contributed by atoms with Crippen molar-refractivity contribution in [1.82, 2.24) is 15.1 Å². The molecule has 1 rings (SSSR count). The van der Waals surface area contributed by atoms with Gasteiger partial charge >= 0.3 is 6.09 Å². The molecule has 0 radical (unpaired) electrons. The molecule has 0 saturated carbocycles. The first kappa shape index (κ1) is 21.3. The van der Waals surface area contributed by atoms with Crippen molar-refractivity contribution >= 4 is 23.4 Å². The summed E-state index contributed by atoms with van der Waals surface area (Å²) in [7, 11) is 3.80. The molecule has 6 nitrogen and oxygen atoms in total. The summed E-state index contributed by atoms with van der Waals surface area (Å²) in [5.41, 5.74) is -0.476. The minimum atomic E-state index is -0.476. The molecule has 25 heavy (non-hydrogen) atoms. The molecule has 0 aromatic carbocycles. The lowest BCUT2D eigenvalue weighted by molar-refractivity contribution is 0.0263. The second-order valence-electron chi connectivity index (χ2n) is 6.78. The molecule has 1 heterocycles. The smallest absolute Gasteiger partial charge is 0.410 e. The number of guanidine groups is 1. The van der Waals surface area contributed by atoms with Crippen LogP contribution in [-0.2, 0) is 11.2 Å². The van der Waals surface area contributed by atoms with E-state index in [-0.39, 0.29) is 6.09 Å². The quantitative estimate of drug-likeness (QED) is 0.594. The molecule has 7 heteroatoms. The van der Waals surface area contributed by atoms with Crippen LogP contribution in [0.3, 0.4) is 0 Å². The van der Waals surface area contributed by atoms with Crippen LogP contribution in [0.2, 0.25) is 0 Å². The summed E-state index contributed by atoms with van der Waals surface area (Å²) < 4.78 is 5.42. The summed E-state index contributed by atoms with van der Waals surface area (Å²) in [6.07, 6.45) is 0.714. The Morgan fingerprint density at radius 3 is 2.60 bits per heavy atom. The van der Waals surface area contributed by atoms with E-state index in [0.717, 1.165) is 18.9 Å². The molecule has 0 atom stereocenters. The van der Waals surface area contributed by atoms with E-state index >= 15 is 0 Å². The average molecular weight is 369 g/mol. The summed E-state index contributed by atoms with van der Waals surface area (Å²) in [6, 6.07) is 4.22. The fourth-order valence-electron chi connectivity index (χ4n) is 2.23. The van der Waals surface area contributed by atoms with Crippen LogP contribution < -0.4 is 5.32 Å². The molecule has 1 N–H and O–H groups in total. The monoisotopic (exact) mass is 368 g/mol. The fraction of sp³-hybridized carbons (Fsp3) is 0.667. The van der Waals surface area contributed by atoms with Crippen molar-refractivity contribution in [2.24, 2.45) is 4.99 Å². The Balaban J connectivity index is 2.41. The third-order valence-corrected chi connectivity index (χ3v) is 4.48. The van der Waals surface area contributed by atoms with Crippen LogP contribution in [0.5, 0.6) is 0 Å². The van der Waals surface area contributed by atoms with Gasteiger partial charge in [0.1, 0.15) is 5.60 Å². The van der Waals surface area contributed by atoms with Gasteiger partial charge in [0.15, 0.2) is 5.96 Å². The topological polar surface area (TPSA) is 57.2 Å². The number of nitrogens with zero attached hydrogens (tertiary/aromatic N) is 3. The minimum absolute atomic E-state index is 0.280. The molecular formula is C18H32N4O2S. The zero-order valence-electron chi connectivity index (χ0n) is 16.3. The van der Waals surface area contributed by atoms with Gasteiger partial charge in [-0.25, -0.2) is 4.79 Å². The van der Waals surface area contributed by atoms with Crippen LogP contribution in [0, 0.1) is 0 Å². The highest BCUT2D eigenvalue weighted by Gasteiger charge is 2.20.